The molecule has 1 amide bonds. The number of benzene rings is 1. The van der Waals surface area contributed by atoms with Crippen molar-refractivity contribution >= 4 is 27.5 Å². The third-order valence-electron chi connectivity index (χ3n) is 2.44. The number of carbonyl (C=O) groups excluding carboxylic acids is 1. The van der Waals surface area contributed by atoms with Crippen LogP contribution in [0.2, 0.25) is 0 Å². The van der Waals surface area contributed by atoms with Crippen molar-refractivity contribution < 1.29 is 18.0 Å². The van der Waals surface area contributed by atoms with Crippen LogP contribution < -0.4 is 10.2 Å². The molecule has 0 spiro atoms. The van der Waals surface area contributed by atoms with Crippen molar-refractivity contribution in [3.63, 3.8) is 0 Å². The summed E-state index contributed by atoms with van der Waals surface area (Å²) in [7, 11) is 0. The van der Waals surface area contributed by atoms with Gasteiger partial charge in [-0.25, -0.2) is 0 Å². The van der Waals surface area contributed by atoms with Gasteiger partial charge in [-0.05, 0) is 24.1 Å². The number of H-pyrrole nitrogens is 1. The number of halogens is 3. The number of hydrogen-bond donors (Lipinski definition) is 2. The van der Waals surface area contributed by atoms with Crippen LogP contribution in [0.4, 0.5) is 13.2 Å². The molecule has 0 aliphatic heterocycles. The molecular formula is C11H9F3N2O2S. The number of aromatic nitrogens is 1. The van der Waals surface area contributed by atoms with Gasteiger partial charge in [-0.2, -0.15) is 13.2 Å². The maximum Gasteiger partial charge on any atom is 0.471 e. The molecule has 2 aromatic rings. The summed E-state index contributed by atoms with van der Waals surface area (Å²) >= 11 is 1.06. The first-order valence-electron chi connectivity index (χ1n) is 5.33. The molecule has 0 atom stereocenters. The third-order valence-corrected chi connectivity index (χ3v) is 3.30. The summed E-state index contributed by atoms with van der Waals surface area (Å²) < 4.78 is 36.6. The Kier molecular flexibility index (Phi) is 3.61. The van der Waals surface area contributed by atoms with Gasteiger partial charge in [0.2, 0.25) is 0 Å². The lowest BCUT2D eigenvalue weighted by atomic mass is 10.1. The molecule has 0 aliphatic rings. The summed E-state index contributed by atoms with van der Waals surface area (Å²) in [6, 6.07) is 5.12. The van der Waals surface area contributed by atoms with Gasteiger partial charge in [-0.3, -0.25) is 9.59 Å². The van der Waals surface area contributed by atoms with Gasteiger partial charge in [0.1, 0.15) is 0 Å². The molecule has 0 aliphatic carbocycles. The highest BCUT2D eigenvalue weighted by molar-refractivity contribution is 7.16. The highest BCUT2D eigenvalue weighted by Gasteiger charge is 2.38. The van der Waals surface area contributed by atoms with Crippen molar-refractivity contribution in [2.45, 2.75) is 12.6 Å². The van der Waals surface area contributed by atoms with Gasteiger partial charge in [-0.1, -0.05) is 17.4 Å². The third kappa shape index (κ3) is 3.34. The van der Waals surface area contributed by atoms with E-state index in [4.69, 9.17) is 0 Å². The van der Waals surface area contributed by atoms with E-state index in [0.717, 1.165) is 21.6 Å². The Bertz CT molecular complexity index is 660. The van der Waals surface area contributed by atoms with Gasteiger partial charge >= 0.3 is 17.0 Å². The van der Waals surface area contributed by atoms with Crippen LogP contribution in [-0.4, -0.2) is 23.6 Å². The Morgan fingerprint density at radius 3 is 2.79 bits per heavy atom. The molecule has 1 aromatic heterocycles. The Labute approximate surface area is 109 Å². The first-order valence-corrected chi connectivity index (χ1v) is 6.15. The number of carbonyl (C=O) groups is 1. The Balaban J connectivity index is 1.98. The topological polar surface area (TPSA) is 62.0 Å². The molecule has 0 unspecified atom stereocenters. The van der Waals surface area contributed by atoms with Crippen LogP contribution in [0.25, 0.3) is 10.2 Å². The smallest absolute Gasteiger partial charge is 0.348 e. The molecule has 0 bridgehead atoms. The normalized spacial score (nSPS) is 11.7. The van der Waals surface area contributed by atoms with E-state index in [1.165, 1.54) is 0 Å². The van der Waals surface area contributed by atoms with E-state index in [2.05, 4.69) is 4.98 Å². The fraction of sp³-hybridized carbons (Fsp3) is 0.273. The molecule has 102 valence electrons. The van der Waals surface area contributed by atoms with E-state index in [-0.39, 0.29) is 17.8 Å². The van der Waals surface area contributed by atoms with Crippen molar-refractivity contribution in [1.29, 1.82) is 0 Å². The minimum absolute atomic E-state index is 0.113. The average Bonchev–Trinajstić information content (AvgIpc) is 2.67. The lowest BCUT2D eigenvalue weighted by molar-refractivity contribution is -0.173. The molecule has 1 heterocycles. The monoisotopic (exact) mass is 290 g/mol. The summed E-state index contributed by atoms with van der Waals surface area (Å²) in [5.74, 6) is -1.95. The first kappa shape index (κ1) is 13.6. The SMILES string of the molecule is O=C(NCCc1ccc2sc(=O)[nH]c2c1)C(F)(F)F. The highest BCUT2D eigenvalue weighted by atomic mass is 32.1. The van der Waals surface area contributed by atoms with Crippen molar-refractivity contribution in [3.8, 4) is 0 Å². The molecule has 19 heavy (non-hydrogen) atoms. The van der Waals surface area contributed by atoms with Crippen LogP contribution >= 0.6 is 11.3 Å². The van der Waals surface area contributed by atoms with Crippen LogP contribution in [0.15, 0.2) is 23.0 Å². The zero-order valence-electron chi connectivity index (χ0n) is 9.50. The number of thiazole rings is 1. The highest BCUT2D eigenvalue weighted by Crippen LogP contribution is 2.17. The van der Waals surface area contributed by atoms with E-state index in [1.807, 2.05) is 0 Å². The molecule has 0 radical (unpaired) electrons. The minimum atomic E-state index is -4.86. The maximum absolute atomic E-state index is 11.9. The van der Waals surface area contributed by atoms with Crippen LogP contribution in [0.1, 0.15) is 5.56 Å². The molecule has 0 saturated heterocycles. The van der Waals surface area contributed by atoms with Crippen molar-refractivity contribution in [1.82, 2.24) is 10.3 Å². The Morgan fingerprint density at radius 2 is 2.11 bits per heavy atom. The standard InChI is InChI=1S/C11H9F3N2O2S/c12-11(13,14)9(17)15-4-3-6-1-2-8-7(5-6)16-10(18)19-8/h1-2,5H,3-4H2,(H,15,17)(H,16,18). The minimum Gasteiger partial charge on any atom is -0.348 e. The van der Waals surface area contributed by atoms with Gasteiger partial charge in [-0.15, -0.1) is 0 Å². The zero-order chi connectivity index (χ0) is 14.0. The summed E-state index contributed by atoms with van der Waals surface area (Å²) in [4.78, 5) is 24.1. The second kappa shape index (κ2) is 5.04. The van der Waals surface area contributed by atoms with Gasteiger partial charge < -0.3 is 10.3 Å². The molecule has 8 heteroatoms. The van der Waals surface area contributed by atoms with Crippen LogP contribution in [0.5, 0.6) is 0 Å². The van der Waals surface area contributed by atoms with E-state index in [0.29, 0.717) is 5.52 Å². The van der Waals surface area contributed by atoms with Gasteiger partial charge in [0.15, 0.2) is 0 Å². The summed E-state index contributed by atoms with van der Waals surface area (Å²) in [6.45, 7) is -0.113. The fourth-order valence-corrected chi connectivity index (χ4v) is 2.29. The van der Waals surface area contributed by atoms with E-state index < -0.39 is 12.1 Å². The van der Waals surface area contributed by atoms with E-state index >= 15 is 0 Å². The lowest BCUT2D eigenvalue weighted by Gasteiger charge is -2.07. The number of rotatable bonds is 3. The van der Waals surface area contributed by atoms with Gasteiger partial charge in [0.05, 0.1) is 10.2 Å². The zero-order valence-corrected chi connectivity index (χ0v) is 10.3. The molecule has 2 N–H and O–H groups in total. The largest absolute Gasteiger partial charge is 0.471 e. The number of amides is 1. The number of fused-ring (bicyclic) bond motifs is 1. The fourth-order valence-electron chi connectivity index (χ4n) is 1.58. The Hall–Kier alpha value is -1.83. The van der Waals surface area contributed by atoms with Gasteiger partial charge in [0.25, 0.3) is 0 Å². The number of alkyl halides is 3. The van der Waals surface area contributed by atoms with Crippen LogP contribution in [-0.2, 0) is 11.2 Å². The van der Waals surface area contributed by atoms with E-state index in [9.17, 15) is 22.8 Å². The summed E-state index contributed by atoms with van der Waals surface area (Å²) in [6.07, 6.45) is -4.60. The van der Waals surface area contributed by atoms with Gasteiger partial charge in [0, 0.05) is 6.54 Å². The molecule has 0 saturated carbocycles. The van der Waals surface area contributed by atoms with Crippen LogP contribution in [0.3, 0.4) is 0 Å². The quantitative estimate of drug-likeness (QED) is 0.905. The molecule has 1 aromatic carbocycles. The number of aromatic amines is 1. The van der Waals surface area contributed by atoms with Crippen molar-refractivity contribution in [3.05, 3.63) is 33.4 Å². The lowest BCUT2D eigenvalue weighted by Crippen LogP contribution is -2.37. The second-order valence-electron chi connectivity index (χ2n) is 3.85. The predicted octanol–water partition coefficient (Wildman–Crippen LogP) is 1.81. The second-order valence-corrected chi connectivity index (χ2v) is 4.86. The summed E-state index contributed by atoms with van der Waals surface area (Å²) in [5.41, 5.74) is 1.39. The number of hydrogen-bond acceptors (Lipinski definition) is 3. The van der Waals surface area contributed by atoms with Crippen LogP contribution in [0, 0.1) is 0 Å². The van der Waals surface area contributed by atoms with E-state index in [1.54, 1.807) is 23.5 Å². The molecule has 0 fully saturated rings. The first-order chi connectivity index (χ1) is 8.86. The maximum atomic E-state index is 11.9. The average molecular weight is 290 g/mol. The predicted molar refractivity (Wildman–Crippen MR) is 65.2 cm³/mol. The van der Waals surface area contributed by atoms with Crippen molar-refractivity contribution in [2.75, 3.05) is 6.54 Å². The molecule has 2 rings (SSSR count). The molecular weight excluding hydrogens is 281 g/mol. The Morgan fingerprint density at radius 1 is 1.37 bits per heavy atom. The van der Waals surface area contributed by atoms with Crippen molar-refractivity contribution in [2.24, 2.45) is 0 Å². The number of nitrogens with one attached hydrogen (secondary N) is 2. The molecule has 4 nitrogen and oxygen atoms in total. The summed E-state index contributed by atoms with van der Waals surface area (Å²) in [5, 5.41) is 1.79.